The highest BCUT2D eigenvalue weighted by atomic mass is 32.2. The zero-order valence-corrected chi connectivity index (χ0v) is 11.4. The van der Waals surface area contributed by atoms with Crippen LogP contribution in [0.15, 0.2) is 45.6 Å². The van der Waals surface area contributed by atoms with Gasteiger partial charge >= 0.3 is 0 Å². The van der Waals surface area contributed by atoms with Crippen LogP contribution in [0.4, 0.5) is 5.69 Å². The number of nitrogen functional groups attached to an aromatic ring is 1. The van der Waals surface area contributed by atoms with Crippen LogP contribution in [0.2, 0.25) is 0 Å². The quantitative estimate of drug-likeness (QED) is 0.423. The molecule has 100 valence electrons. The Kier molecular flexibility index (Phi) is 3.11. The molecule has 0 aliphatic heterocycles. The standard InChI is InChI=1S/C13H11N5OS/c1-7-4-11(19)18-13(17-7)20-12-9-5-8(14)2-3-10(9)15-6-16-12/h2-6H,14H2,1H3,(H,17,18,19). The minimum atomic E-state index is -0.183. The summed E-state index contributed by atoms with van der Waals surface area (Å²) in [4.78, 5) is 26.8. The maximum atomic E-state index is 11.5. The molecule has 3 aromatic rings. The summed E-state index contributed by atoms with van der Waals surface area (Å²) in [5.74, 6) is 0. The Hall–Kier alpha value is -2.41. The maximum absolute atomic E-state index is 11.5. The molecule has 0 radical (unpaired) electrons. The van der Waals surface area contributed by atoms with Gasteiger partial charge < -0.3 is 10.7 Å². The molecular weight excluding hydrogens is 274 g/mol. The number of aromatic amines is 1. The summed E-state index contributed by atoms with van der Waals surface area (Å²) in [5, 5.41) is 2.04. The highest BCUT2D eigenvalue weighted by molar-refractivity contribution is 7.99. The molecule has 2 aromatic heterocycles. The Morgan fingerprint density at radius 2 is 2.10 bits per heavy atom. The first-order chi connectivity index (χ1) is 9.61. The molecule has 3 rings (SSSR count). The van der Waals surface area contributed by atoms with Crippen LogP contribution in [0.25, 0.3) is 10.9 Å². The Morgan fingerprint density at radius 3 is 2.90 bits per heavy atom. The average molecular weight is 285 g/mol. The summed E-state index contributed by atoms with van der Waals surface area (Å²) in [6, 6.07) is 6.88. The average Bonchev–Trinajstić information content (AvgIpc) is 2.38. The largest absolute Gasteiger partial charge is 0.399 e. The number of hydrogen-bond donors (Lipinski definition) is 2. The second kappa shape index (κ2) is 4.93. The van der Waals surface area contributed by atoms with Crippen LogP contribution in [-0.4, -0.2) is 19.9 Å². The Morgan fingerprint density at radius 1 is 1.25 bits per heavy atom. The SMILES string of the molecule is Cc1cc(=O)[nH]c(Sc2ncnc3ccc(N)cc23)n1. The lowest BCUT2D eigenvalue weighted by Gasteiger charge is -2.05. The number of anilines is 1. The third kappa shape index (κ3) is 2.48. The van der Waals surface area contributed by atoms with E-state index < -0.39 is 0 Å². The summed E-state index contributed by atoms with van der Waals surface area (Å²) in [6.07, 6.45) is 1.48. The molecule has 6 nitrogen and oxygen atoms in total. The highest BCUT2D eigenvalue weighted by Crippen LogP contribution is 2.29. The van der Waals surface area contributed by atoms with Crippen LogP contribution in [0.5, 0.6) is 0 Å². The normalized spacial score (nSPS) is 10.8. The van der Waals surface area contributed by atoms with Gasteiger partial charge in [0.05, 0.1) is 5.52 Å². The van der Waals surface area contributed by atoms with Gasteiger partial charge in [-0.1, -0.05) is 0 Å². The van der Waals surface area contributed by atoms with E-state index in [9.17, 15) is 4.79 Å². The van der Waals surface area contributed by atoms with Crippen molar-refractivity contribution in [1.82, 2.24) is 19.9 Å². The Balaban J connectivity index is 2.10. The van der Waals surface area contributed by atoms with E-state index >= 15 is 0 Å². The van der Waals surface area contributed by atoms with E-state index in [1.807, 2.05) is 12.1 Å². The van der Waals surface area contributed by atoms with E-state index in [4.69, 9.17) is 5.73 Å². The number of aromatic nitrogens is 4. The van der Waals surface area contributed by atoms with Crippen molar-refractivity contribution >= 4 is 28.4 Å². The monoisotopic (exact) mass is 285 g/mol. The van der Waals surface area contributed by atoms with Crippen LogP contribution in [-0.2, 0) is 0 Å². The smallest absolute Gasteiger partial charge is 0.251 e. The van der Waals surface area contributed by atoms with E-state index in [2.05, 4.69) is 19.9 Å². The molecule has 0 saturated carbocycles. The molecule has 3 N–H and O–H groups in total. The fourth-order valence-electron chi connectivity index (χ4n) is 1.82. The molecule has 0 spiro atoms. The van der Waals surface area contributed by atoms with E-state index in [1.54, 1.807) is 13.0 Å². The van der Waals surface area contributed by atoms with Crippen molar-refractivity contribution in [1.29, 1.82) is 0 Å². The molecule has 0 fully saturated rings. The number of nitrogens with one attached hydrogen (secondary N) is 1. The fraction of sp³-hybridized carbons (Fsp3) is 0.0769. The molecule has 2 heterocycles. The molecule has 7 heteroatoms. The number of aryl methyl sites for hydroxylation is 1. The van der Waals surface area contributed by atoms with Crippen LogP contribution < -0.4 is 11.3 Å². The number of H-pyrrole nitrogens is 1. The number of hydrogen-bond acceptors (Lipinski definition) is 6. The third-order valence-electron chi connectivity index (χ3n) is 2.66. The van der Waals surface area contributed by atoms with E-state index in [0.717, 1.165) is 10.9 Å². The van der Waals surface area contributed by atoms with Crippen LogP contribution in [0.1, 0.15) is 5.69 Å². The summed E-state index contributed by atoms with van der Waals surface area (Å²) in [7, 11) is 0. The second-order valence-electron chi connectivity index (χ2n) is 4.25. The van der Waals surface area contributed by atoms with Crippen molar-refractivity contribution in [3.63, 3.8) is 0 Å². The molecule has 0 aliphatic rings. The van der Waals surface area contributed by atoms with Crippen molar-refractivity contribution in [2.75, 3.05) is 5.73 Å². The molecule has 1 aromatic carbocycles. The Labute approximate surface area is 118 Å². The molecule has 0 bridgehead atoms. The zero-order valence-electron chi connectivity index (χ0n) is 10.6. The van der Waals surface area contributed by atoms with Gasteiger partial charge in [-0.15, -0.1) is 0 Å². The van der Waals surface area contributed by atoms with Gasteiger partial charge in [0, 0.05) is 22.8 Å². The van der Waals surface area contributed by atoms with Gasteiger partial charge in [0.15, 0.2) is 5.16 Å². The van der Waals surface area contributed by atoms with Crippen molar-refractivity contribution in [3.05, 3.63) is 46.6 Å². The summed E-state index contributed by atoms with van der Waals surface area (Å²) >= 11 is 1.28. The van der Waals surface area contributed by atoms with Crippen LogP contribution in [0, 0.1) is 6.92 Å². The predicted octanol–water partition coefficient (Wildman–Crippen LogP) is 1.75. The molecule has 0 aliphatic carbocycles. The lowest BCUT2D eigenvalue weighted by atomic mass is 10.2. The van der Waals surface area contributed by atoms with E-state index in [1.165, 1.54) is 24.2 Å². The van der Waals surface area contributed by atoms with Gasteiger partial charge in [0.1, 0.15) is 11.4 Å². The number of rotatable bonds is 2. The number of benzene rings is 1. The van der Waals surface area contributed by atoms with Gasteiger partial charge in [-0.2, -0.15) is 0 Å². The van der Waals surface area contributed by atoms with Crippen molar-refractivity contribution < 1.29 is 0 Å². The first kappa shape index (κ1) is 12.6. The molecule has 0 unspecified atom stereocenters. The second-order valence-corrected chi connectivity index (χ2v) is 5.23. The van der Waals surface area contributed by atoms with Gasteiger partial charge in [0.2, 0.25) is 0 Å². The number of nitrogens with two attached hydrogens (primary N) is 1. The van der Waals surface area contributed by atoms with Crippen molar-refractivity contribution in [2.24, 2.45) is 0 Å². The van der Waals surface area contributed by atoms with E-state index in [-0.39, 0.29) is 5.56 Å². The minimum Gasteiger partial charge on any atom is -0.399 e. The summed E-state index contributed by atoms with van der Waals surface area (Å²) < 4.78 is 0. The fourth-order valence-corrected chi connectivity index (χ4v) is 2.72. The minimum absolute atomic E-state index is 0.183. The highest BCUT2D eigenvalue weighted by Gasteiger charge is 2.08. The van der Waals surface area contributed by atoms with Crippen molar-refractivity contribution in [3.8, 4) is 0 Å². The summed E-state index contributed by atoms with van der Waals surface area (Å²) in [5.41, 5.74) is 7.71. The predicted molar refractivity (Wildman–Crippen MR) is 77.7 cm³/mol. The Bertz CT molecular complexity index is 846. The lowest BCUT2D eigenvalue weighted by Crippen LogP contribution is -2.08. The van der Waals surface area contributed by atoms with Gasteiger partial charge in [-0.25, -0.2) is 15.0 Å². The third-order valence-corrected chi connectivity index (χ3v) is 3.57. The first-order valence-corrected chi connectivity index (χ1v) is 6.69. The zero-order chi connectivity index (χ0) is 14.1. The van der Waals surface area contributed by atoms with Gasteiger partial charge in [0.25, 0.3) is 5.56 Å². The van der Waals surface area contributed by atoms with E-state index in [0.29, 0.717) is 21.6 Å². The molecule has 20 heavy (non-hydrogen) atoms. The number of fused-ring (bicyclic) bond motifs is 1. The summed E-state index contributed by atoms with van der Waals surface area (Å²) in [6.45, 7) is 1.77. The molecule has 0 saturated heterocycles. The molecule has 0 amide bonds. The number of nitrogens with zero attached hydrogens (tertiary/aromatic N) is 3. The first-order valence-electron chi connectivity index (χ1n) is 5.88. The molecule has 0 atom stereocenters. The van der Waals surface area contributed by atoms with Crippen LogP contribution >= 0.6 is 11.8 Å². The van der Waals surface area contributed by atoms with Gasteiger partial charge in [-0.3, -0.25) is 4.79 Å². The molecular formula is C13H11N5OS. The van der Waals surface area contributed by atoms with Crippen molar-refractivity contribution in [2.45, 2.75) is 17.1 Å². The topological polar surface area (TPSA) is 97.5 Å². The maximum Gasteiger partial charge on any atom is 0.251 e. The lowest BCUT2D eigenvalue weighted by molar-refractivity contribution is 0.902. The van der Waals surface area contributed by atoms with Gasteiger partial charge in [-0.05, 0) is 36.9 Å². The van der Waals surface area contributed by atoms with Crippen LogP contribution in [0.3, 0.4) is 0 Å².